The summed E-state index contributed by atoms with van der Waals surface area (Å²) >= 11 is 0. The summed E-state index contributed by atoms with van der Waals surface area (Å²) in [5.41, 5.74) is 3.12. The van der Waals surface area contributed by atoms with Gasteiger partial charge in [-0.2, -0.15) is 0 Å². The summed E-state index contributed by atoms with van der Waals surface area (Å²) in [5.74, 6) is -0.0638. The van der Waals surface area contributed by atoms with E-state index in [1.165, 1.54) is 0 Å². The van der Waals surface area contributed by atoms with E-state index in [9.17, 15) is 4.79 Å². The molecule has 0 fully saturated rings. The minimum atomic E-state index is -0.472. The number of para-hydroxylation sites is 1. The fraction of sp³-hybridized carbons (Fsp3) is 0.118. The van der Waals surface area contributed by atoms with Crippen LogP contribution in [0.5, 0.6) is 0 Å². The summed E-state index contributed by atoms with van der Waals surface area (Å²) in [6, 6.07) is 17.0. The number of rotatable bonds is 2. The van der Waals surface area contributed by atoms with E-state index in [2.05, 4.69) is 6.58 Å². The van der Waals surface area contributed by atoms with Crippen molar-refractivity contribution in [2.75, 3.05) is 12.0 Å². The van der Waals surface area contributed by atoms with E-state index in [1.807, 2.05) is 54.6 Å². The zero-order valence-electron chi connectivity index (χ0n) is 11.2. The van der Waals surface area contributed by atoms with Gasteiger partial charge in [-0.25, -0.2) is 0 Å². The van der Waals surface area contributed by atoms with Crippen molar-refractivity contribution in [1.29, 1.82) is 0 Å². The normalized spacial score (nSPS) is 18.1. The largest absolute Gasteiger partial charge is 0.357 e. The number of ether oxygens (including phenoxy) is 1. The van der Waals surface area contributed by atoms with Gasteiger partial charge in [-0.3, -0.25) is 9.69 Å². The van der Waals surface area contributed by atoms with Crippen LogP contribution < -0.4 is 4.90 Å². The predicted molar refractivity (Wildman–Crippen MR) is 79.5 cm³/mol. The lowest BCUT2D eigenvalue weighted by Crippen LogP contribution is -2.46. The topological polar surface area (TPSA) is 29.5 Å². The van der Waals surface area contributed by atoms with Crippen LogP contribution >= 0.6 is 0 Å². The van der Waals surface area contributed by atoms with Gasteiger partial charge in [-0.05, 0) is 23.8 Å². The smallest absolute Gasteiger partial charge is 0.261 e. The first-order valence-corrected chi connectivity index (χ1v) is 6.43. The number of amides is 1. The highest BCUT2D eigenvalue weighted by atomic mass is 16.5. The number of nitrogens with zero attached hydrogens (tertiary/aromatic N) is 1. The lowest BCUT2D eigenvalue weighted by Gasteiger charge is -2.37. The van der Waals surface area contributed by atoms with Crippen molar-refractivity contribution in [3.8, 4) is 0 Å². The van der Waals surface area contributed by atoms with Gasteiger partial charge in [-0.1, -0.05) is 43.0 Å². The third kappa shape index (κ3) is 1.84. The molecular formula is C17H15NO2. The monoisotopic (exact) mass is 265 g/mol. The molecule has 20 heavy (non-hydrogen) atoms. The molecule has 0 N–H and O–H groups in total. The number of carbonyl (C=O) groups excluding carboxylic acids is 1. The molecule has 1 unspecified atom stereocenters. The number of hydrogen-bond acceptors (Lipinski definition) is 2. The van der Waals surface area contributed by atoms with E-state index in [4.69, 9.17) is 4.74 Å². The Morgan fingerprint density at radius 3 is 2.25 bits per heavy atom. The average molecular weight is 265 g/mol. The summed E-state index contributed by atoms with van der Waals surface area (Å²) in [6.07, 6.45) is -0.472. The highest BCUT2D eigenvalue weighted by molar-refractivity contribution is 6.13. The van der Waals surface area contributed by atoms with Gasteiger partial charge in [0.2, 0.25) is 0 Å². The number of fused-ring (bicyclic) bond motifs is 1. The molecule has 3 rings (SSSR count). The van der Waals surface area contributed by atoms with Gasteiger partial charge < -0.3 is 4.74 Å². The molecule has 2 aromatic carbocycles. The molecule has 2 aromatic rings. The highest BCUT2D eigenvalue weighted by Crippen LogP contribution is 2.34. The molecule has 100 valence electrons. The average Bonchev–Trinajstić information content (AvgIpc) is 2.51. The zero-order valence-corrected chi connectivity index (χ0v) is 11.2. The minimum Gasteiger partial charge on any atom is -0.357 e. The fourth-order valence-corrected chi connectivity index (χ4v) is 2.56. The Morgan fingerprint density at radius 1 is 1.00 bits per heavy atom. The van der Waals surface area contributed by atoms with E-state index < -0.39 is 6.23 Å². The first-order valence-electron chi connectivity index (χ1n) is 6.43. The van der Waals surface area contributed by atoms with Gasteiger partial charge in [0.05, 0.1) is 0 Å². The molecule has 3 nitrogen and oxygen atoms in total. The number of benzene rings is 2. The van der Waals surface area contributed by atoms with E-state index in [1.54, 1.807) is 12.0 Å². The van der Waals surface area contributed by atoms with Gasteiger partial charge in [0.25, 0.3) is 5.91 Å². The second-order valence-corrected chi connectivity index (χ2v) is 4.67. The molecular weight excluding hydrogens is 250 g/mol. The first-order chi connectivity index (χ1) is 9.74. The minimum absolute atomic E-state index is 0.0638. The summed E-state index contributed by atoms with van der Waals surface area (Å²) in [7, 11) is 1.59. The zero-order chi connectivity index (χ0) is 14.1. The van der Waals surface area contributed by atoms with Crippen molar-refractivity contribution in [2.45, 2.75) is 6.23 Å². The molecule has 0 aliphatic carbocycles. The Kier molecular flexibility index (Phi) is 3.12. The van der Waals surface area contributed by atoms with Gasteiger partial charge in [-0.15, -0.1) is 0 Å². The van der Waals surface area contributed by atoms with Crippen LogP contribution in [0.1, 0.15) is 15.9 Å². The Bertz CT molecular complexity index is 664. The SMILES string of the molecule is C=C1c2ccccc2C(=O)N(c2ccccc2)C1OC. The Labute approximate surface area is 118 Å². The second kappa shape index (κ2) is 4.94. The van der Waals surface area contributed by atoms with Gasteiger partial charge in [0, 0.05) is 23.9 Å². The third-order valence-electron chi connectivity index (χ3n) is 3.51. The molecule has 3 heteroatoms. The number of methoxy groups -OCH3 is 1. The standard InChI is InChI=1S/C17H15NO2/c1-12-14-10-6-7-11-15(14)16(19)18(17(12)20-2)13-8-4-3-5-9-13/h3-11,17H,1H2,2H3. The molecule has 1 aliphatic heterocycles. The van der Waals surface area contributed by atoms with Crippen molar-refractivity contribution >= 4 is 17.2 Å². The van der Waals surface area contributed by atoms with E-state index >= 15 is 0 Å². The molecule has 1 heterocycles. The maximum absolute atomic E-state index is 12.7. The highest BCUT2D eigenvalue weighted by Gasteiger charge is 2.35. The molecule has 0 saturated carbocycles. The van der Waals surface area contributed by atoms with Crippen molar-refractivity contribution < 1.29 is 9.53 Å². The summed E-state index contributed by atoms with van der Waals surface area (Å²) < 4.78 is 5.50. The summed E-state index contributed by atoms with van der Waals surface area (Å²) in [5, 5.41) is 0. The van der Waals surface area contributed by atoms with Crippen molar-refractivity contribution in [3.05, 3.63) is 72.3 Å². The second-order valence-electron chi connectivity index (χ2n) is 4.67. The number of anilines is 1. The van der Waals surface area contributed by atoms with Crippen molar-refractivity contribution in [1.82, 2.24) is 0 Å². The lowest BCUT2D eigenvalue weighted by molar-refractivity contribution is 0.0860. The number of carbonyl (C=O) groups is 1. The molecule has 0 bridgehead atoms. The van der Waals surface area contributed by atoms with Crippen molar-refractivity contribution in [3.63, 3.8) is 0 Å². The van der Waals surface area contributed by atoms with Crippen LogP contribution in [0, 0.1) is 0 Å². The van der Waals surface area contributed by atoms with Crippen LogP contribution in [0.4, 0.5) is 5.69 Å². The predicted octanol–water partition coefficient (Wildman–Crippen LogP) is 3.33. The fourth-order valence-electron chi connectivity index (χ4n) is 2.56. The lowest BCUT2D eigenvalue weighted by atomic mass is 9.93. The molecule has 0 spiro atoms. The Hall–Kier alpha value is -2.39. The summed E-state index contributed by atoms with van der Waals surface area (Å²) in [6.45, 7) is 4.10. The molecule has 1 aliphatic rings. The van der Waals surface area contributed by atoms with Crippen LogP contribution in [0.25, 0.3) is 5.57 Å². The van der Waals surface area contributed by atoms with Crippen LogP contribution in [0.3, 0.4) is 0 Å². The van der Waals surface area contributed by atoms with E-state index in [-0.39, 0.29) is 5.91 Å². The molecule has 1 atom stereocenters. The maximum Gasteiger partial charge on any atom is 0.261 e. The molecule has 0 saturated heterocycles. The summed E-state index contributed by atoms with van der Waals surface area (Å²) in [4.78, 5) is 14.4. The van der Waals surface area contributed by atoms with Crippen LogP contribution in [0.2, 0.25) is 0 Å². The number of hydrogen-bond donors (Lipinski definition) is 0. The van der Waals surface area contributed by atoms with Gasteiger partial charge in [0.1, 0.15) is 0 Å². The Morgan fingerprint density at radius 2 is 1.60 bits per heavy atom. The van der Waals surface area contributed by atoms with Crippen LogP contribution in [-0.2, 0) is 4.74 Å². The third-order valence-corrected chi connectivity index (χ3v) is 3.51. The molecule has 0 radical (unpaired) electrons. The maximum atomic E-state index is 12.7. The molecule has 1 amide bonds. The van der Waals surface area contributed by atoms with E-state index in [0.29, 0.717) is 5.56 Å². The Balaban J connectivity index is 2.16. The van der Waals surface area contributed by atoms with Crippen LogP contribution in [-0.4, -0.2) is 19.2 Å². The first kappa shape index (κ1) is 12.6. The van der Waals surface area contributed by atoms with Gasteiger partial charge >= 0.3 is 0 Å². The van der Waals surface area contributed by atoms with Crippen molar-refractivity contribution in [2.24, 2.45) is 0 Å². The van der Waals surface area contributed by atoms with Crippen LogP contribution in [0.15, 0.2) is 61.2 Å². The molecule has 0 aromatic heterocycles. The van der Waals surface area contributed by atoms with Gasteiger partial charge in [0.15, 0.2) is 6.23 Å². The van der Waals surface area contributed by atoms with E-state index in [0.717, 1.165) is 16.8 Å². The quantitative estimate of drug-likeness (QED) is 0.833.